The summed E-state index contributed by atoms with van der Waals surface area (Å²) >= 11 is 0. The number of aromatic hydroxyl groups is 2. The van der Waals surface area contributed by atoms with Gasteiger partial charge in [0.2, 0.25) is 5.78 Å². The van der Waals surface area contributed by atoms with E-state index in [1.807, 2.05) is 0 Å². The zero-order chi connectivity index (χ0) is 20.5. The van der Waals surface area contributed by atoms with Crippen LogP contribution in [-0.4, -0.2) is 35.7 Å². The number of carbonyl (C=O) groups excluding carboxylic acids is 2. The molecule has 0 heterocycles. The second-order valence-electron chi connectivity index (χ2n) is 6.51. The Morgan fingerprint density at radius 2 is 1.71 bits per heavy atom. The summed E-state index contributed by atoms with van der Waals surface area (Å²) in [5.41, 5.74) is 0.912. The van der Waals surface area contributed by atoms with Gasteiger partial charge in [0.25, 0.3) is 0 Å². The van der Waals surface area contributed by atoms with Crippen LogP contribution in [0.5, 0.6) is 17.2 Å². The van der Waals surface area contributed by atoms with Crippen molar-refractivity contribution in [3.63, 3.8) is 0 Å². The molecule has 2 aromatic rings. The molecular weight excluding hydrogens is 360 g/mol. The lowest BCUT2D eigenvalue weighted by Crippen LogP contribution is -2.14. The molecule has 0 amide bonds. The van der Waals surface area contributed by atoms with Crippen molar-refractivity contribution < 1.29 is 29.3 Å². The van der Waals surface area contributed by atoms with Crippen LogP contribution in [-0.2, 0) is 11.2 Å². The number of hydrogen-bond acceptors (Lipinski definition) is 6. The molecule has 0 aliphatic carbocycles. The molecule has 6 heteroatoms. The summed E-state index contributed by atoms with van der Waals surface area (Å²) in [5.74, 6) is -1.12. The van der Waals surface area contributed by atoms with Crippen molar-refractivity contribution in [1.29, 1.82) is 0 Å². The zero-order valence-corrected chi connectivity index (χ0v) is 16.2. The van der Waals surface area contributed by atoms with Crippen LogP contribution in [0.4, 0.5) is 0 Å². The number of Topliss-reactive ketones (excluding diaryl/α,β-unsaturated/α-hetero) is 1. The Bertz CT molecular complexity index is 828. The molecule has 150 valence electrons. The van der Waals surface area contributed by atoms with Gasteiger partial charge in [0.05, 0.1) is 12.7 Å². The van der Waals surface area contributed by atoms with Gasteiger partial charge in [-0.1, -0.05) is 38.3 Å². The predicted molar refractivity (Wildman–Crippen MR) is 105 cm³/mol. The van der Waals surface area contributed by atoms with Crippen molar-refractivity contribution in [1.82, 2.24) is 0 Å². The molecular formula is C22H26O6. The number of esters is 1. The monoisotopic (exact) mass is 386 g/mol. The van der Waals surface area contributed by atoms with Gasteiger partial charge in [-0.25, -0.2) is 4.79 Å². The van der Waals surface area contributed by atoms with Gasteiger partial charge >= 0.3 is 5.97 Å². The minimum Gasteiger partial charge on any atom is -0.508 e. The Kier molecular flexibility index (Phi) is 7.87. The van der Waals surface area contributed by atoms with E-state index in [1.165, 1.54) is 25.3 Å². The van der Waals surface area contributed by atoms with E-state index in [-0.39, 0.29) is 35.0 Å². The van der Waals surface area contributed by atoms with Gasteiger partial charge in [0, 0.05) is 6.07 Å². The molecule has 0 saturated carbocycles. The highest BCUT2D eigenvalue weighted by atomic mass is 16.5. The molecule has 0 radical (unpaired) electrons. The van der Waals surface area contributed by atoms with E-state index in [4.69, 9.17) is 9.47 Å². The average molecular weight is 386 g/mol. The molecule has 0 spiro atoms. The third kappa shape index (κ3) is 5.49. The van der Waals surface area contributed by atoms with Gasteiger partial charge in [-0.2, -0.15) is 0 Å². The first-order valence-corrected chi connectivity index (χ1v) is 9.36. The van der Waals surface area contributed by atoms with E-state index in [1.54, 1.807) is 18.2 Å². The van der Waals surface area contributed by atoms with Gasteiger partial charge in [-0.05, 0) is 36.6 Å². The number of benzene rings is 2. The average Bonchev–Trinajstić information content (AvgIpc) is 2.70. The van der Waals surface area contributed by atoms with E-state index >= 15 is 0 Å². The number of phenols is 2. The highest BCUT2D eigenvalue weighted by Crippen LogP contribution is 2.29. The van der Waals surface area contributed by atoms with Crippen LogP contribution in [0.1, 0.15) is 58.9 Å². The Labute approximate surface area is 164 Å². The molecule has 0 bridgehead atoms. The maximum Gasteiger partial charge on any atom is 0.341 e. The zero-order valence-electron chi connectivity index (χ0n) is 16.2. The Morgan fingerprint density at radius 3 is 2.43 bits per heavy atom. The van der Waals surface area contributed by atoms with Gasteiger partial charge in [0.1, 0.15) is 22.8 Å². The van der Waals surface area contributed by atoms with Crippen LogP contribution < -0.4 is 4.74 Å². The summed E-state index contributed by atoms with van der Waals surface area (Å²) in [6.45, 7) is 1.76. The highest BCUT2D eigenvalue weighted by molar-refractivity contribution is 6.00. The van der Waals surface area contributed by atoms with Crippen molar-refractivity contribution in [3.8, 4) is 17.2 Å². The minimum atomic E-state index is -0.565. The molecule has 0 atom stereocenters. The molecule has 6 nitrogen and oxygen atoms in total. The number of phenolic OH excluding ortho intramolecular Hbond substituents is 2. The predicted octanol–water partition coefficient (Wildman–Crippen LogP) is 4.27. The molecule has 2 aromatic carbocycles. The van der Waals surface area contributed by atoms with Crippen molar-refractivity contribution in [2.75, 3.05) is 13.7 Å². The number of para-hydroxylation sites is 1. The summed E-state index contributed by atoms with van der Waals surface area (Å²) in [7, 11) is 1.26. The molecule has 0 aromatic heterocycles. The fraction of sp³-hybridized carbons (Fsp3) is 0.364. The van der Waals surface area contributed by atoms with Crippen molar-refractivity contribution in [3.05, 3.63) is 53.1 Å². The van der Waals surface area contributed by atoms with Crippen LogP contribution in [0, 0.1) is 0 Å². The SMILES string of the molecule is CCCCCCc1cc(C(=O)COc2ccccc2C(=O)OC)c(O)cc1O. The Balaban J connectivity index is 2.11. The number of methoxy groups -OCH3 is 1. The standard InChI is InChI=1S/C22H26O6/c1-3-4-5-6-9-15-12-17(19(24)13-18(15)23)20(25)14-28-21-11-8-7-10-16(21)22(26)27-2/h7-8,10-13,23-24H,3-6,9,14H2,1-2H3. The maximum atomic E-state index is 12.5. The second kappa shape index (κ2) is 10.3. The third-order valence-corrected chi connectivity index (χ3v) is 4.45. The van der Waals surface area contributed by atoms with Gasteiger partial charge in [-0.3, -0.25) is 4.79 Å². The van der Waals surface area contributed by atoms with Crippen molar-refractivity contribution >= 4 is 11.8 Å². The Morgan fingerprint density at radius 1 is 0.964 bits per heavy atom. The largest absolute Gasteiger partial charge is 0.508 e. The maximum absolute atomic E-state index is 12.5. The lowest BCUT2D eigenvalue weighted by molar-refractivity contribution is 0.0594. The topological polar surface area (TPSA) is 93.1 Å². The van der Waals surface area contributed by atoms with E-state index in [9.17, 15) is 19.8 Å². The number of rotatable bonds is 10. The lowest BCUT2D eigenvalue weighted by atomic mass is 10.0. The highest BCUT2D eigenvalue weighted by Gasteiger charge is 2.18. The fourth-order valence-electron chi connectivity index (χ4n) is 2.88. The first kappa shape index (κ1) is 21.3. The molecule has 2 N–H and O–H groups in total. The molecule has 0 saturated heterocycles. The van der Waals surface area contributed by atoms with Crippen LogP contribution in [0.25, 0.3) is 0 Å². The summed E-state index contributed by atoms with van der Waals surface area (Å²) in [4.78, 5) is 24.3. The second-order valence-corrected chi connectivity index (χ2v) is 6.51. The normalized spacial score (nSPS) is 10.5. The van der Waals surface area contributed by atoms with E-state index in [0.29, 0.717) is 12.0 Å². The van der Waals surface area contributed by atoms with E-state index in [2.05, 4.69) is 6.92 Å². The summed E-state index contributed by atoms with van der Waals surface area (Å²) < 4.78 is 10.2. The molecule has 28 heavy (non-hydrogen) atoms. The number of ketones is 1. The molecule has 0 unspecified atom stereocenters. The number of ether oxygens (including phenoxy) is 2. The number of carbonyl (C=O) groups is 2. The van der Waals surface area contributed by atoms with Gasteiger partial charge in [-0.15, -0.1) is 0 Å². The summed E-state index contributed by atoms with van der Waals surface area (Å²) in [6.07, 6.45) is 4.77. The minimum absolute atomic E-state index is 0.0255. The molecule has 0 fully saturated rings. The number of hydrogen-bond donors (Lipinski definition) is 2. The quantitative estimate of drug-likeness (QED) is 0.360. The third-order valence-electron chi connectivity index (χ3n) is 4.45. The van der Waals surface area contributed by atoms with E-state index < -0.39 is 11.8 Å². The summed E-state index contributed by atoms with van der Waals surface area (Å²) in [6, 6.07) is 9.14. The van der Waals surface area contributed by atoms with Crippen LogP contribution >= 0.6 is 0 Å². The van der Waals surface area contributed by atoms with E-state index in [0.717, 1.165) is 25.7 Å². The smallest absolute Gasteiger partial charge is 0.341 e. The van der Waals surface area contributed by atoms with Gasteiger partial charge < -0.3 is 19.7 Å². The molecule has 0 aliphatic heterocycles. The number of unbranched alkanes of at least 4 members (excludes halogenated alkanes) is 3. The van der Waals surface area contributed by atoms with Crippen molar-refractivity contribution in [2.45, 2.75) is 39.0 Å². The van der Waals surface area contributed by atoms with Crippen molar-refractivity contribution in [2.24, 2.45) is 0 Å². The fourth-order valence-corrected chi connectivity index (χ4v) is 2.88. The molecule has 0 aliphatic rings. The van der Waals surface area contributed by atoms with Crippen LogP contribution in [0.3, 0.4) is 0 Å². The Hall–Kier alpha value is -3.02. The number of aryl methyl sites for hydroxylation is 1. The van der Waals surface area contributed by atoms with Crippen LogP contribution in [0.15, 0.2) is 36.4 Å². The first-order valence-electron chi connectivity index (χ1n) is 9.36. The van der Waals surface area contributed by atoms with Crippen LogP contribution in [0.2, 0.25) is 0 Å². The first-order chi connectivity index (χ1) is 13.5. The molecule has 2 rings (SSSR count). The lowest BCUT2D eigenvalue weighted by Gasteiger charge is -2.12. The summed E-state index contributed by atoms with van der Waals surface area (Å²) in [5, 5.41) is 20.1. The van der Waals surface area contributed by atoms with Gasteiger partial charge in [0.15, 0.2) is 6.61 Å².